The van der Waals surface area contributed by atoms with Crippen molar-refractivity contribution in [1.29, 1.82) is 0 Å². The number of nitrogens with zero attached hydrogens (tertiary/aromatic N) is 3. The number of amides is 1. The number of nitrogens with two attached hydrogens (primary N) is 1. The second-order valence-electron chi connectivity index (χ2n) is 5.26. The molecule has 3 N–H and O–H groups in total. The topological polar surface area (TPSA) is 103 Å². The van der Waals surface area contributed by atoms with Crippen LogP contribution in [0.5, 0.6) is 5.75 Å². The first kappa shape index (κ1) is 18.6. The molecular formula is C18H13Cl2N5O2. The molecule has 1 aromatic carbocycles. The van der Waals surface area contributed by atoms with E-state index in [2.05, 4.69) is 20.3 Å². The molecule has 2 heterocycles. The van der Waals surface area contributed by atoms with E-state index in [4.69, 9.17) is 33.7 Å². The van der Waals surface area contributed by atoms with Gasteiger partial charge in [-0.2, -0.15) is 4.98 Å². The van der Waals surface area contributed by atoms with E-state index in [1.54, 1.807) is 18.2 Å². The molecule has 0 unspecified atom stereocenters. The van der Waals surface area contributed by atoms with Crippen LogP contribution in [0.15, 0.2) is 48.8 Å². The Kier molecular flexibility index (Phi) is 5.85. The van der Waals surface area contributed by atoms with Gasteiger partial charge in [-0.15, -0.1) is 0 Å². The molecular weight excluding hydrogens is 389 g/mol. The van der Waals surface area contributed by atoms with Crippen molar-refractivity contribution in [2.75, 3.05) is 5.32 Å². The summed E-state index contributed by atoms with van der Waals surface area (Å²) < 4.78 is 4.83. The minimum Gasteiger partial charge on any atom is -0.410 e. The lowest BCUT2D eigenvalue weighted by molar-refractivity contribution is 0.211. The summed E-state index contributed by atoms with van der Waals surface area (Å²) in [4.78, 5) is 22.9. The number of carbonyl (C=O) groups excluding carboxylic acids is 1. The molecule has 7 nitrogen and oxygen atoms in total. The summed E-state index contributed by atoms with van der Waals surface area (Å²) in [5, 5.41) is 3.55. The van der Waals surface area contributed by atoms with Crippen LogP contribution < -0.4 is 15.8 Å². The fourth-order valence-corrected chi connectivity index (χ4v) is 2.44. The first-order chi connectivity index (χ1) is 13.0. The summed E-state index contributed by atoms with van der Waals surface area (Å²) in [5.74, 6) is 0.735. The predicted octanol–water partition coefficient (Wildman–Crippen LogP) is 4.55. The number of benzene rings is 1. The zero-order chi connectivity index (χ0) is 19.2. The highest BCUT2D eigenvalue weighted by atomic mass is 35.5. The Morgan fingerprint density at radius 1 is 1.15 bits per heavy atom. The summed E-state index contributed by atoms with van der Waals surface area (Å²) in [6.45, 7) is 0. The number of hydrogen-bond acceptors (Lipinski definition) is 6. The molecule has 0 radical (unpaired) electrons. The third-order valence-corrected chi connectivity index (χ3v) is 3.74. The van der Waals surface area contributed by atoms with Crippen molar-refractivity contribution < 1.29 is 9.53 Å². The number of anilines is 2. The molecule has 136 valence electrons. The number of carbonyl (C=O) groups is 1. The summed E-state index contributed by atoms with van der Waals surface area (Å²) in [5.41, 5.74) is 7.29. The highest BCUT2D eigenvalue weighted by Gasteiger charge is 2.05. The van der Waals surface area contributed by atoms with Crippen molar-refractivity contribution >= 4 is 53.0 Å². The molecule has 0 aliphatic rings. The van der Waals surface area contributed by atoms with Gasteiger partial charge in [0.25, 0.3) is 0 Å². The number of primary amides is 1. The molecule has 27 heavy (non-hydrogen) atoms. The number of hydrogen-bond donors (Lipinski definition) is 2. The quantitative estimate of drug-likeness (QED) is 0.607. The molecule has 1 amide bonds. The number of pyridine rings is 1. The smallest absolute Gasteiger partial charge is 0.409 e. The van der Waals surface area contributed by atoms with E-state index in [1.165, 1.54) is 12.4 Å². The Morgan fingerprint density at radius 2 is 2.00 bits per heavy atom. The van der Waals surface area contributed by atoms with Gasteiger partial charge in [0.15, 0.2) is 5.82 Å². The van der Waals surface area contributed by atoms with Crippen molar-refractivity contribution in [1.82, 2.24) is 15.0 Å². The van der Waals surface area contributed by atoms with Gasteiger partial charge in [-0.25, -0.2) is 9.78 Å². The lowest BCUT2D eigenvalue weighted by atomic mass is 10.1. The minimum atomic E-state index is -0.876. The first-order valence-electron chi connectivity index (χ1n) is 7.66. The number of aromatic nitrogens is 3. The maximum Gasteiger partial charge on any atom is 0.409 e. The van der Waals surface area contributed by atoms with Gasteiger partial charge in [0.2, 0.25) is 5.28 Å². The van der Waals surface area contributed by atoms with Gasteiger partial charge in [-0.1, -0.05) is 29.8 Å². The van der Waals surface area contributed by atoms with E-state index in [-0.39, 0.29) is 5.28 Å². The zero-order valence-corrected chi connectivity index (χ0v) is 15.3. The maximum atomic E-state index is 10.8. The number of halogens is 2. The summed E-state index contributed by atoms with van der Waals surface area (Å²) in [6.07, 6.45) is 5.71. The molecule has 0 bridgehead atoms. The summed E-state index contributed by atoms with van der Waals surface area (Å²) >= 11 is 11.9. The van der Waals surface area contributed by atoms with Crippen LogP contribution in [0.2, 0.25) is 10.3 Å². The van der Waals surface area contributed by atoms with Gasteiger partial charge in [0, 0.05) is 18.0 Å². The average Bonchev–Trinajstić information content (AvgIpc) is 2.63. The molecule has 0 spiro atoms. The van der Waals surface area contributed by atoms with Gasteiger partial charge in [0.05, 0.1) is 11.9 Å². The third-order valence-electron chi connectivity index (χ3n) is 3.28. The van der Waals surface area contributed by atoms with Gasteiger partial charge < -0.3 is 15.8 Å². The molecule has 0 saturated heterocycles. The molecule has 0 aliphatic heterocycles. The second-order valence-corrected chi connectivity index (χ2v) is 6.00. The van der Waals surface area contributed by atoms with Gasteiger partial charge in [0.1, 0.15) is 10.8 Å². The Balaban J connectivity index is 1.77. The van der Waals surface area contributed by atoms with E-state index < -0.39 is 6.09 Å². The minimum absolute atomic E-state index is 0.0992. The van der Waals surface area contributed by atoms with Crippen molar-refractivity contribution in [3.63, 3.8) is 0 Å². The first-order valence-corrected chi connectivity index (χ1v) is 8.42. The second kappa shape index (κ2) is 8.48. The highest BCUT2D eigenvalue weighted by molar-refractivity contribution is 6.33. The SMILES string of the molecule is NC(=O)Oc1ccnc(C=Cc2cccc(Nc3nc(Cl)ncc3Cl)c2)c1. The van der Waals surface area contributed by atoms with Crippen LogP contribution in [0.3, 0.4) is 0 Å². The lowest BCUT2D eigenvalue weighted by Gasteiger charge is -2.08. The van der Waals surface area contributed by atoms with E-state index in [9.17, 15) is 4.79 Å². The van der Waals surface area contributed by atoms with Crippen molar-refractivity contribution in [2.24, 2.45) is 5.73 Å². The van der Waals surface area contributed by atoms with Crippen LogP contribution in [-0.4, -0.2) is 21.0 Å². The van der Waals surface area contributed by atoms with Gasteiger partial charge in [-0.3, -0.25) is 4.98 Å². The summed E-state index contributed by atoms with van der Waals surface area (Å²) in [6, 6.07) is 10.7. The molecule has 0 atom stereocenters. The van der Waals surface area contributed by atoms with Crippen molar-refractivity contribution in [2.45, 2.75) is 0 Å². The standard InChI is InChI=1S/C18H13Cl2N5O2/c19-15-10-23-17(20)25-16(15)24-13-3-1-2-11(8-13)4-5-12-9-14(6-7-22-12)27-18(21)26/h1-10H,(H2,21,26)(H,23,24,25). The van der Waals surface area contributed by atoms with E-state index in [1.807, 2.05) is 30.3 Å². The molecule has 2 aromatic heterocycles. The maximum absolute atomic E-state index is 10.8. The van der Waals surface area contributed by atoms with Crippen LogP contribution in [0.25, 0.3) is 12.2 Å². The third kappa shape index (κ3) is 5.40. The largest absolute Gasteiger partial charge is 0.410 e. The molecule has 0 fully saturated rings. The lowest BCUT2D eigenvalue weighted by Crippen LogP contribution is -2.16. The van der Waals surface area contributed by atoms with E-state index in [0.717, 1.165) is 11.3 Å². The van der Waals surface area contributed by atoms with Crippen molar-refractivity contribution in [3.8, 4) is 5.75 Å². The number of rotatable bonds is 5. The van der Waals surface area contributed by atoms with Gasteiger partial charge in [-0.05, 0) is 41.4 Å². The Hall–Kier alpha value is -3.16. The highest BCUT2D eigenvalue weighted by Crippen LogP contribution is 2.24. The fraction of sp³-hybridized carbons (Fsp3) is 0. The Bertz CT molecular complexity index is 1010. The van der Waals surface area contributed by atoms with Crippen molar-refractivity contribution in [3.05, 3.63) is 70.4 Å². The molecule has 9 heteroatoms. The van der Waals surface area contributed by atoms with Crippen LogP contribution in [-0.2, 0) is 0 Å². The Morgan fingerprint density at radius 3 is 2.81 bits per heavy atom. The summed E-state index contributed by atoms with van der Waals surface area (Å²) in [7, 11) is 0. The molecule has 3 aromatic rings. The van der Waals surface area contributed by atoms with Crippen LogP contribution in [0.1, 0.15) is 11.3 Å². The molecule has 3 rings (SSSR count). The number of nitrogens with one attached hydrogen (secondary N) is 1. The zero-order valence-electron chi connectivity index (χ0n) is 13.8. The molecule has 0 aliphatic carbocycles. The van der Waals surface area contributed by atoms with Crippen LogP contribution in [0.4, 0.5) is 16.3 Å². The number of ether oxygens (including phenoxy) is 1. The van der Waals surface area contributed by atoms with Crippen LogP contribution in [0, 0.1) is 0 Å². The van der Waals surface area contributed by atoms with Crippen LogP contribution >= 0.6 is 23.2 Å². The van der Waals surface area contributed by atoms with Gasteiger partial charge >= 0.3 is 6.09 Å². The normalized spacial score (nSPS) is 10.7. The van der Waals surface area contributed by atoms with E-state index >= 15 is 0 Å². The molecule has 0 saturated carbocycles. The monoisotopic (exact) mass is 401 g/mol. The predicted molar refractivity (Wildman–Crippen MR) is 105 cm³/mol. The fourth-order valence-electron chi connectivity index (χ4n) is 2.17. The average molecular weight is 402 g/mol. The Labute approximate surface area is 164 Å². The van der Waals surface area contributed by atoms with E-state index in [0.29, 0.717) is 22.3 Å².